The van der Waals surface area contributed by atoms with Gasteiger partial charge in [-0.3, -0.25) is 4.72 Å². The van der Waals surface area contributed by atoms with Crippen molar-refractivity contribution < 1.29 is 21.2 Å². The number of hydrogen-bond acceptors (Lipinski definition) is 5. The molecule has 0 unspecified atom stereocenters. The van der Waals surface area contributed by atoms with Crippen molar-refractivity contribution in [3.8, 4) is 0 Å². The summed E-state index contributed by atoms with van der Waals surface area (Å²) in [6.45, 7) is 1.52. The summed E-state index contributed by atoms with van der Waals surface area (Å²) < 4.78 is 69.0. The molecular weight excluding hydrogens is 501 g/mol. The Bertz CT molecular complexity index is 1460. The summed E-state index contributed by atoms with van der Waals surface area (Å²) in [4.78, 5) is -0.0345. The molecule has 0 amide bonds. The maximum absolute atomic E-state index is 14.7. The minimum absolute atomic E-state index is 0.0345. The molecule has 1 aliphatic heterocycles. The molecule has 4 rings (SSSR count). The lowest BCUT2D eigenvalue weighted by Gasteiger charge is -2.23. The normalized spacial score (nSPS) is 16.4. The van der Waals surface area contributed by atoms with Crippen molar-refractivity contribution in [1.82, 2.24) is 4.41 Å². The van der Waals surface area contributed by atoms with E-state index in [1.165, 1.54) is 49.4 Å². The highest BCUT2D eigenvalue weighted by Gasteiger charge is 2.39. The number of halogens is 2. The first-order chi connectivity index (χ1) is 16.1. The predicted molar refractivity (Wildman–Crippen MR) is 130 cm³/mol. The minimum atomic E-state index is -4.14. The van der Waals surface area contributed by atoms with Crippen molar-refractivity contribution in [1.29, 1.82) is 0 Å². The van der Waals surface area contributed by atoms with Crippen LogP contribution in [0.1, 0.15) is 30.5 Å². The Morgan fingerprint density at radius 1 is 1.03 bits per heavy atom. The van der Waals surface area contributed by atoms with Crippen LogP contribution in [0.25, 0.3) is 0 Å². The monoisotopic (exact) mass is 521 g/mol. The molecule has 0 saturated carbocycles. The predicted octanol–water partition coefficient (Wildman–Crippen LogP) is 4.78. The fourth-order valence-electron chi connectivity index (χ4n) is 3.59. The first-order valence-electron chi connectivity index (χ1n) is 10.3. The van der Waals surface area contributed by atoms with Gasteiger partial charge in [0.15, 0.2) is 0 Å². The molecule has 1 aliphatic rings. The van der Waals surface area contributed by atoms with Gasteiger partial charge < -0.3 is 0 Å². The highest BCUT2D eigenvalue weighted by atomic mass is 35.5. The van der Waals surface area contributed by atoms with Gasteiger partial charge in [-0.2, -0.15) is 17.9 Å². The van der Waals surface area contributed by atoms with Crippen LogP contribution in [0.4, 0.5) is 10.1 Å². The molecule has 3 aromatic carbocycles. The van der Waals surface area contributed by atoms with E-state index >= 15 is 0 Å². The van der Waals surface area contributed by atoms with Crippen molar-refractivity contribution >= 4 is 43.0 Å². The van der Waals surface area contributed by atoms with Crippen LogP contribution in [-0.4, -0.2) is 32.7 Å². The van der Waals surface area contributed by atoms with Gasteiger partial charge in [-0.15, -0.1) is 0 Å². The maximum Gasteiger partial charge on any atom is 0.279 e. The third kappa shape index (κ3) is 4.94. The third-order valence-corrected chi connectivity index (χ3v) is 8.60. The second-order valence-corrected chi connectivity index (χ2v) is 11.8. The molecule has 0 bridgehead atoms. The number of nitrogens with one attached hydrogen (secondary N) is 1. The highest BCUT2D eigenvalue weighted by Crippen LogP contribution is 2.38. The fourth-order valence-corrected chi connectivity index (χ4v) is 5.77. The zero-order valence-corrected chi connectivity index (χ0v) is 20.4. The van der Waals surface area contributed by atoms with Crippen molar-refractivity contribution in [2.24, 2.45) is 5.10 Å². The van der Waals surface area contributed by atoms with E-state index in [1.54, 1.807) is 30.3 Å². The molecule has 3 aromatic rings. The van der Waals surface area contributed by atoms with E-state index in [2.05, 4.69) is 9.82 Å². The number of benzene rings is 3. The summed E-state index contributed by atoms with van der Waals surface area (Å²) in [5.41, 5.74) is 1.40. The Morgan fingerprint density at radius 3 is 2.41 bits per heavy atom. The SMILES string of the molecule is CCS(=O)(=O)Nc1cccc(C2=NN(S(=O)(=O)c3ccc(Cl)cc3)[C@@H](c3ccccc3F)C2)c1. The number of hydrogen-bond donors (Lipinski definition) is 1. The van der Waals surface area contributed by atoms with Gasteiger partial charge in [0.2, 0.25) is 10.0 Å². The molecule has 7 nitrogen and oxygen atoms in total. The van der Waals surface area contributed by atoms with E-state index in [0.717, 1.165) is 4.41 Å². The van der Waals surface area contributed by atoms with Crippen LogP contribution in [0, 0.1) is 5.82 Å². The summed E-state index contributed by atoms with van der Waals surface area (Å²) in [6.07, 6.45) is 0.0950. The molecule has 1 atom stereocenters. The zero-order chi connectivity index (χ0) is 24.5. The number of sulfonamides is 2. The topological polar surface area (TPSA) is 95.9 Å². The summed E-state index contributed by atoms with van der Waals surface area (Å²) in [6, 6.07) is 17.1. The number of rotatable bonds is 7. The average molecular weight is 522 g/mol. The van der Waals surface area contributed by atoms with E-state index in [0.29, 0.717) is 22.0 Å². The molecule has 11 heteroatoms. The second kappa shape index (κ2) is 9.36. The van der Waals surface area contributed by atoms with Crippen molar-refractivity contribution in [2.45, 2.75) is 24.3 Å². The summed E-state index contributed by atoms with van der Waals surface area (Å²) in [5, 5.41) is 4.75. The molecule has 0 saturated heterocycles. The zero-order valence-electron chi connectivity index (χ0n) is 18.0. The lowest BCUT2D eigenvalue weighted by Crippen LogP contribution is -2.27. The Balaban J connectivity index is 1.78. The smallest absolute Gasteiger partial charge is 0.279 e. The van der Waals surface area contributed by atoms with E-state index in [1.807, 2.05) is 0 Å². The van der Waals surface area contributed by atoms with Crippen LogP contribution in [0.5, 0.6) is 0 Å². The average Bonchev–Trinajstić information content (AvgIpc) is 3.26. The Kier molecular flexibility index (Phi) is 6.66. The fraction of sp³-hybridized carbons (Fsp3) is 0.174. The number of hydrazone groups is 1. The van der Waals surface area contributed by atoms with Gasteiger partial charge in [-0.05, 0) is 55.0 Å². The second-order valence-electron chi connectivity index (χ2n) is 7.61. The van der Waals surface area contributed by atoms with Crippen LogP contribution >= 0.6 is 11.6 Å². The first kappa shape index (κ1) is 24.2. The first-order valence-corrected chi connectivity index (χ1v) is 13.8. The van der Waals surface area contributed by atoms with Gasteiger partial charge >= 0.3 is 0 Å². The van der Waals surface area contributed by atoms with Crippen molar-refractivity contribution in [3.05, 3.63) is 94.8 Å². The van der Waals surface area contributed by atoms with Crippen molar-refractivity contribution in [2.75, 3.05) is 10.5 Å². The van der Waals surface area contributed by atoms with Crippen LogP contribution in [0.15, 0.2) is 82.8 Å². The Labute approximate surface area is 203 Å². The Morgan fingerprint density at radius 2 is 1.74 bits per heavy atom. The minimum Gasteiger partial charge on any atom is -0.284 e. The van der Waals surface area contributed by atoms with Gasteiger partial charge in [-0.25, -0.2) is 12.8 Å². The molecular formula is C23H21ClFN3O4S2. The van der Waals surface area contributed by atoms with Crippen LogP contribution < -0.4 is 4.72 Å². The maximum atomic E-state index is 14.7. The van der Waals surface area contributed by atoms with E-state index < -0.39 is 31.9 Å². The van der Waals surface area contributed by atoms with E-state index in [9.17, 15) is 21.2 Å². The number of anilines is 1. The molecule has 0 aliphatic carbocycles. The van der Waals surface area contributed by atoms with E-state index in [4.69, 9.17) is 11.6 Å². The largest absolute Gasteiger partial charge is 0.284 e. The Hall–Kier alpha value is -2.95. The van der Waals surface area contributed by atoms with Crippen LogP contribution in [0.3, 0.4) is 0 Å². The van der Waals surface area contributed by atoms with Gasteiger partial charge in [0, 0.05) is 22.7 Å². The lowest BCUT2D eigenvalue weighted by molar-refractivity contribution is 0.362. The molecule has 1 heterocycles. The molecule has 178 valence electrons. The van der Waals surface area contributed by atoms with E-state index in [-0.39, 0.29) is 22.6 Å². The molecule has 1 N–H and O–H groups in total. The summed E-state index contributed by atoms with van der Waals surface area (Å²) in [7, 11) is -7.65. The quantitative estimate of drug-likeness (QED) is 0.484. The van der Waals surface area contributed by atoms with Gasteiger partial charge in [0.1, 0.15) is 5.82 Å². The van der Waals surface area contributed by atoms with Gasteiger partial charge in [0.25, 0.3) is 10.0 Å². The van der Waals surface area contributed by atoms with Gasteiger partial charge in [0.05, 0.1) is 22.4 Å². The van der Waals surface area contributed by atoms with Crippen molar-refractivity contribution in [3.63, 3.8) is 0 Å². The summed E-state index contributed by atoms with van der Waals surface area (Å²) in [5.74, 6) is -0.648. The molecule has 0 fully saturated rings. The molecule has 34 heavy (non-hydrogen) atoms. The highest BCUT2D eigenvalue weighted by molar-refractivity contribution is 7.92. The molecule has 0 radical (unpaired) electrons. The summed E-state index contributed by atoms with van der Waals surface area (Å²) >= 11 is 5.91. The number of nitrogens with zero attached hydrogens (tertiary/aromatic N) is 2. The van der Waals surface area contributed by atoms with Crippen LogP contribution in [-0.2, 0) is 20.0 Å². The lowest BCUT2D eigenvalue weighted by atomic mass is 9.98. The van der Waals surface area contributed by atoms with Crippen LogP contribution in [0.2, 0.25) is 5.02 Å². The molecule has 0 aromatic heterocycles. The van der Waals surface area contributed by atoms with Gasteiger partial charge in [-0.1, -0.05) is 41.9 Å². The molecule has 0 spiro atoms. The third-order valence-electron chi connectivity index (χ3n) is 5.34. The standard InChI is InChI=1S/C23H21ClFN3O4S2/c1-2-33(29,30)27-18-7-5-6-16(14-18)22-15-23(20-8-3-4-9-21(20)25)28(26-22)34(31,32)19-12-10-17(24)11-13-19/h3-14,23,27H,2,15H2,1H3/t23-/m1/s1.